The number of carbonyl (C=O) groups is 2. The summed E-state index contributed by atoms with van der Waals surface area (Å²) < 4.78 is 0. The van der Waals surface area contributed by atoms with Gasteiger partial charge in [-0.2, -0.15) is 0 Å². The van der Waals surface area contributed by atoms with E-state index in [2.05, 4.69) is 20.2 Å². The largest absolute Gasteiger partial charge is 0.369 e. The Hall–Kier alpha value is -3.50. The average Bonchev–Trinajstić information content (AvgIpc) is 3.21. The Labute approximate surface area is 209 Å². The average molecular weight is 495 g/mol. The van der Waals surface area contributed by atoms with Crippen LogP contribution in [0.5, 0.6) is 0 Å². The second-order valence-corrected chi connectivity index (χ2v) is 9.72. The summed E-state index contributed by atoms with van der Waals surface area (Å²) in [5.41, 5.74) is 3.17. The maximum absolute atomic E-state index is 12.9. The molecule has 1 atom stereocenters. The van der Waals surface area contributed by atoms with Crippen molar-refractivity contribution < 1.29 is 14.7 Å². The van der Waals surface area contributed by atoms with Crippen molar-refractivity contribution in [3.05, 3.63) is 69.9 Å². The molecular weight excluding hydrogens is 464 g/mol. The van der Waals surface area contributed by atoms with Crippen LogP contribution in [-0.2, 0) is 4.79 Å². The zero-order valence-electron chi connectivity index (χ0n) is 20.1. The molecule has 0 radical (unpaired) electrons. The van der Waals surface area contributed by atoms with Gasteiger partial charge in [0.15, 0.2) is 6.23 Å². The van der Waals surface area contributed by atoms with Crippen LogP contribution in [0.4, 0.5) is 11.4 Å². The van der Waals surface area contributed by atoms with Crippen molar-refractivity contribution in [2.75, 3.05) is 50.0 Å². The number of para-hydroxylation sites is 1. The van der Waals surface area contributed by atoms with Crippen molar-refractivity contribution in [2.45, 2.75) is 20.1 Å². The highest BCUT2D eigenvalue weighted by atomic mass is 32.1. The lowest BCUT2D eigenvalue weighted by atomic mass is 10.1. The van der Waals surface area contributed by atoms with Crippen molar-refractivity contribution in [1.82, 2.24) is 19.8 Å². The first-order valence-corrected chi connectivity index (χ1v) is 12.3. The number of aryl methyl sites for hydroxylation is 2. The van der Waals surface area contributed by atoms with Crippen molar-refractivity contribution in [3.63, 3.8) is 0 Å². The molecule has 3 aromatic rings. The van der Waals surface area contributed by atoms with Crippen LogP contribution >= 0.6 is 11.3 Å². The minimum absolute atomic E-state index is 0.0281. The van der Waals surface area contributed by atoms with E-state index in [1.54, 1.807) is 36.5 Å². The number of nitrogens with one attached hydrogen (secondary N) is 1. The fraction of sp³-hybridized carbons (Fsp3) is 0.360. The molecule has 0 saturated carbocycles. The third-order valence-electron chi connectivity index (χ3n) is 6.01. The van der Waals surface area contributed by atoms with E-state index in [9.17, 15) is 14.7 Å². The van der Waals surface area contributed by atoms with Crippen LogP contribution < -0.4 is 10.2 Å². The quantitative estimate of drug-likeness (QED) is 0.487. The molecule has 2 amide bonds. The summed E-state index contributed by atoms with van der Waals surface area (Å²) >= 11 is 1.35. The monoisotopic (exact) mass is 494 g/mol. The SMILES string of the molecule is Cc1nc(C)c(C(=O)N(C)CC(=O)N2CCN(c3ccccc3C(O)Nc3ccncc3)CC2)s1. The first kappa shape index (κ1) is 24.6. The Balaban J connectivity index is 1.35. The number of nitrogens with zero attached hydrogens (tertiary/aromatic N) is 5. The van der Waals surface area contributed by atoms with Crippen LogP contribution in [0.3, 0.4) is 0 Å². The zero-order chi connectivity index (χ0) is 24.9. The molecule has 1 aliphatic rings. The lowest BCUT2D eigenvalue weighted by molar-refractivity contribution is -0.131. The number of anilines is 2. The second-order valence-electron chi connectivity index (χ2n) is 8.52. The lowest BCUT2D eigenvalue weighted by Crippen LogP contribution is -2.51. The van der Waals surface area contributed by atoms with Crippen LogP contribution in [0.25, 0.3) is 0 Å². The number of rotatable bonds is 7. The van der Waals surface area contributed by atoms with Gasteiger partial charge in [0.25, 0.3) is 5.91 Å². The molecule has 2 aromatic heterocycles. The Morgan fingerprint density at radius 3 is 2.46 bits per heavy atom. The first-order chi connectivity index (χ1) is 16.8. The maximum Gasteiger partial charge on any atom is 0.266 e. The van der Waals surface area contributed by atoms with Gasteiger partial charge in [-0.3, -0.25) is 14.6 Å². The van der Waals surface area contributed by atoms with Crippen LogP contribution in [0.15, 0.2) is 48.8 Å². The molecule has 1 aliphatic heterocycles. The van der Waals surface area contributed by atoms with Gasteiger partial charge < -0.3 is 25.1 Å². The molecule has 1 fully saturated rings. The molecule has 3 heterocycles. The van der Waals surface area contributed by atoms with E-state index in [1.165, 1.54) is 16.2 Å². The van der Waals surface area contributed by atoms with E-state index >= 15 is 0 Å². The molecule has 35 heavy (non-hydrogen) atoms. The number of hydrogen-bond donors (Lipinski definition) is 2. The fourth-order valence-corrected chi connectivity index (χ4v) is 5.08. The molecular formula is C25H30N6O3S. The highest BCUT2D eigenvalue weighted by Crippen LogP contribution is 2.28. The smallest absolute Gasteiger partial charge is 0.266 e. The summed E-state index contributed by atoms with van der Waals surface area (Å²) in [4.78, 5) is 40.0. The Kier molecular flexibility index (Phi) is 7.62. The summed E-state index contributed by atoms with van der Waals surface area (Å²) in [6.07, 6.45) is 2.45. The van der Waals surface area contributed by atoms with Gasteiger partial charge in [0.05, 0.1) is 17.2 Å². The van der Waals surface area contributed by atoms with E-state index in [1.807, 2.05) is 38.1 Å². The summed E-state index contributed by atoms with van der Waals surface area (Å²) in [6, 6.07) is 11.3. The van der Waals surface area contributed by atoms with Crippen LogP contribution in [-0.4, -0.2) is 76.5 Å². The summed E-state index contributed by atoms with van der Waals surface area (Å²) in [7, 11) is 1.65. The number of aliphatic hydroxyl groups excluding tert-OH is 1. The fourth-order valence-electron chi connectivity index (χ4n) is 4.17. The molecule has 0 aliphatic carbocycles. The van der Waals surface area contributed by atoms with Crippen molar-refractivity contribution in [3.8, 4) is 0 Å². The van der Waals surface area contributed by atoms with Crippen LogP contribution in [0.2, 0.25) is 0 Å². The molecule has 2 N–H and O–H groups in total. The summed E-state index contributed by atoms with van der Waals surface area (Å²) in [5, 5.41) is 14.8. The maximum atomic E-state index is 12.9. The molecule has 4 rings (SSSR count). The van der Waals surface area contributed by atoms with Gasteiger partial charge in [0.1, 0.15) is 4.88 Å². The number of aliphatic hydroxyl groups is 1. The molecule has 1 unspecified atom stereocenters. The predicted octanol–water partition coefficient (Wildman–Crippen LogP) is 2.68. The van der Waals surface area contributed by atoms with Crippen molar-refractivity contribution in [1.29, 1.82) is 0 Å². The molecule has 9 nitrogen and oxygen atoms in total. The van der Waals surface area contributed by atoms with Crippen molar-refractivity contribution >= 4 is 34.5 Å². The van der Waals surface area contributed by atoms with E-state index in [0.717, 1.165) is 21.9 Å². The zero-order valence-corrected chi connectivity index (χ0v) is 21.0. The number of likely N-dealkylation sites (N-methyl/N-ethyl adjacent to an activating group) is 1. The predicted molar refractivity (Wildman–Crippen MR) is 137 cm³/mol. The number of thiazole rings is 1. The molecule has 0 bridgehead atoms. The second kappa shape index (κ2) is 10.8. The minimum Gasteiger partial charge on any atom is -0.369 e. The summed E-state index contributed by atoms with van der Waals surface area (Å²) in [5.74, 6) is -0.253. The topological polar surface area (TPSA) is 102 Å². The molecule has 184 valence electrons. The molecule has 0 spiro atoms. The van der Waals surface area contributed by atoms with Crippen LogP contribution in [0, 0.1) is 13.8 Å². The number of hydrogen-bond acceptors (Lipinski definition) is 8. The lowest BCUT2D eigenvalue weighted by Gasteiger charge is -2.38. The van der Waals surface area contributed by atoms with E-state index in [4.69, 9.17) is 0 Å². The van der Waals surface area contributed by atoms with E-state index in [-0.39, 0.29) is 18.4 Å². The number of amides is 2. The van der Waals surface area contributed by atoms with Gasteiger partial charge in [-0.1, -0.05) is 18.2 Å². The van der Waals surface area contributed by atoms with Gasteiger partial charge in [-0.15, -0.1) is 11.3 Å². The third-order valence-corrected chi connectivity index (χ3v) is 7.07. The number of benzene rings is 1. The van der Waals surface area contributed by atoms with Gasteiger partial charge in [-0.25, -0.2) is 4.98 Å². The van der Waals surface area contributed by atoms with Gasteiger partial charge in [0.2, 0.25) is 5.91 Å². The standard InChI is InChI=1S/C25H30N6O3S/c1-17-23(35-18(2)27-17)25(34)29(3)16-22(32)31-14-12-30(13-15-31)21-7-5-4-6-20(21)24(33)28-19-8-10-26-11-9-19/h4-11,24,33H,12-16H2,1-3H3,(H,26,28). The number of aromatic nitrogens is 2. The first-order valence-electron chi connectivity index (χ1n) is 11.5. The normalized spacial score (nSPS) is 14.5. The Morgan fingerprint density at radius 1 is 1.11 bits per heavy atom. The minimum atomic E-state index is -0.883. The van der Waals surface area contributed by atoms with Crippen molar-refractivity contribution in [2.24, 2.45) is 0 Å². The van der Waals surface area contributed by atoms with Gasteiger partial charge in [0, 0.05) is 62.6 Å². The number of pyridine rings is 1. The Bertz CT molecular complexity index is 1180. The highest BCUT2D eigenvalue weighted by molar-refractivity contribution is 7.13. The highest BCUT2D eigenvalue weighted by Gasteiger charge is 2.26. The van der Waals surface area contributed by atoms with Crippen LogP contribution in [0.1, 0.15) is 32.2 Å². The molecule has 1 saturated heterocycles. The molecule has 10 heteroatoms. The van der Waals surface area contributed by atoms with E-state index < -0.39 is 6.23 Å². The Morgan fingerprint density at radius 2 is 1.80 bits per heavy atom. The van der Waals surface area contributed by atoms with E-state index in [0.29, 0.717) is 36.8 Å². The third kappa shape index (κ3) is 5.77. The number of carbonyl (C=O) groups excluding carboxylic acids is 2. The number of piperazine rings is 1. The van der Waals surface area contributed by atoms with Gasteiger partial charge >= 0.3 is 0 Å². The molecule has 1 aromatic carbocycles. The summed E-state index contributed by atoms with van der Waals surface area (Å²) in [6.45, 7) is 6.06. The van der Waals surface area contributed by atoms with Gasteiger partial charge in [-0.05, 0) is 32.0 Å².